The molecule has 0 saturated heterocycles. The van der Waals surface area contributed by atoms with Crippen LogP contribution >= 0.6 is 34.7 Å². The molecule has 0 saturated carbocycles. The average molecular weight is 383 g/mol. The second-order valence-electron chi connectivity index (χ2n) is 4.91. The van der Waals surface area contributed by atoms with E-state index in [0.717, 1.165) is 10.6 Å². The minimum Gasteiger partial charge on any atom is -0.390 e. The van der Waals surface area contributed by atoms with Crippen LogP contribution in [0.15, 0.2) is 46.9 Å². The van der Waals surface area contributed by atoms with Crippen LogP contribution in [0.25, 0.3) is 5.69 Å². The number of ether oxygens (including phenoxy) is 1. The Bertz CT molecular complexity index is 749. The first-order valence-corrected chi connectivity index (χ1v) is 9.42. The van der Waals surface area contributed by atoms with E-state index < -0.39 is 6.10 Å². The Morgan fingerprint density at radius 2 is 2.12 bits per heavy atom. The van der Waals surface area contributed by atoms with Crippen LogP contribution in [0.5, 0.6) is 0 Å². The van der Waals surface area contributed by atoms with Crippen molar-refractivity contribution >= 4 is 34.7 Å². The van der Waals surface area contributed by atoms with Crippen molar-refractivity contribution in [2.45, 2.75) is 17.9 Å². The number of tetrazole rings is 1. The maximum atomic E-state index is 10.0. The molecule has 9 heteroatoms. The summed E-state index contributed by atoms with van der Waals surface area (Å²) in [5.41, 5.74) is 0.815. The monoisotopic (exact) mass is 382 g/mol. The number of aliphatic hydroxyl groups is 1. The Kier molecular flexibility index (Phi) is 6.22. The molecule has 0 fully saturated rings. The first-order valence-electron chi connectivity index (χ1n) is 7.17. The molecule has 0 spiro atoms. The summed E-state index contributed by atoms with van der Waals surface area (Å²) in [6.07, 6.45) is -0.592. The van der Waals surface area contributed by atoms with Gasteiger partial charge < -0.3 is 9.84 Å². The number of thiophene rings is 1. The predicted octanol–water partition coefficient (Wildman–Crippen LogP) is 3.05. The zero-order chi connectivity index (χ0) is 16.8. The van der Waals surface area contributed by atoms with Gasteiger partial charge in [-0.1, -0.05) is 29.4 Å². The molecule has 1 N–H and O–H groups in total. The van der Waals surface area contributed by atoms with E-state index in [1.165, 1.54) is 11.8 Å². The van der Waals surface area contributed by atoms with Crippen molar-refractivity contribution < 1.29 is 9.84 Å². The molecule has 0 radical (unpaired) electrons. The van der Waals surface area contributed by atoms with Crippen LogP contribution in [-0.2, 0) is 11.3 Å². The van der Waals surface area contributed by atoms with Crippen molar-refractivity contribution in [1.29, 1.82) is 0 Å². The van der Waals surface area contributed by atoms with Crippen molar-refractivity contribution in [3.05, 3.63) is 51.7 Å². The number of rotatable bonds is 8. The Labute approximate surface area is 152 Å². The Morgan fingerprint density at radius 1 is 1.29 bits per heavy atom. The number of aromatic nitrogens is 4. The quantitative estimate of drug-likeness (QED) is 0.603. The molecule has 2 aromatic heterocycles. The SMILES string of the molecule is O[C@H](COCc1cccs1)CSc1nnnn1-c1ccc(Cl)cc1. The summed E-state index contributed by atoms with van der Waals surface area (Å²) in [5, 5.41) is 24.9. The highest BCUT2D eigenvalue weighted by Gasteiger charge is 2.12. The number of aliphatic hydroxyl groups excluding tert-OH is 1. The summed E-state index contributed by atoms with van der Waals surface area (Å²) in [7, 11) is 0. The van der Waals surface area contributed by atoms with Gasteiger partial charge in [-0.25, -0.2) is 0 Å². The lowest BCUT2D eigenvalue weighted by Crippen LogP contribution is -2.18. The Balaban J connectivity index is 1.49. The molecule has 0 amide bonds. The highest BCUT2D eigenvalue weighted by atomic mass is 35.5. The van der Waals surface area contributed by atoms with Gasteiger partial charge >= 0.3 is 0 Å². The number of halogens is 1. The van der Waals surface area contributed by atoms with Crippen LogP contribution in [0.2, 0.25) is 5.02 Å². The van der Waals surface area contributed by atoms with Crippen molar-refractivity contribution in [2.75, 3.05) is 12.4 Å². The highest BCUT2D eigenvalue weighted by molar-refractivity contribution is 7.99. The molecule has 1 atom stereocenters. The molecule has 0 aliphatic rings. The minimum atomic E-state index is -0.592. The molecular formula is C15H15ClN4O2S2. The van der Waals surface area contributed by atoms with E-state index in [4.69, 9.17) is 16.3 Å². The lowest BCUT2D eigenvalue weighted by Gasteiger charge is -2.10. The Hall–Kier alpha value is -1.45. The molecule has 24 heavy (non-hydrogen) atoms. The first kappa shape index (κ1) is 17.4. The fourth-order valence-electron chi connectivity index (χ4n) is 1.92. The summed E-state index contributed by atoms with van der Waals surface area (Å²) in [6.45, 7) is 0.787. The van der Waals surface area contributed by atoms with Crippen molar-refractivity contribution in [3.8, 4) is 5.69 Å². The first-order chi connectivity index (χ1) is 11.7. The van der Waals surface area contributed by atoms with Gasteiger partial charge in [0.1, 0.15) is 0 Å². The highest BCUT2D eigenvalue weighted by Crippen LogP contribution is 2.20. The van der Waals surface area contributed by atoms with Gasteiger partial charge in [-0.05, 0) is 46.1 Å². The normalized spacial score (nSPS) is 12.4. The van der Waals surface area contributed by atoms with E-state index in [1.807, 2.05) is 29.6 Å². The second kappa shape index (κ2) is 8.59. The van der Waals surface area contributed by atoms with Gasteiger partial charge in [0, 0.05) is 15.7 Å². The molecular weight excluding hydrogens is 368 g/mol. The van der Waals surface area contributed by atoms with E-state index in [0.29, 0.717) is 22.5 Å². The molecule has 126 valence electrons. The molecule has 3 aromatic rings. The predicted molar refractivity (Wildman–Crippen MR) is 94.9 cm³/mol. The number of thioether (sulfide) groups is 1. The third kappa shape index (κ3) is 4.78. The molecule has 3 rings (SSSR count). The van der Waals surface area contributed by atoms with Crippen molar-refractivity contribution in [1.82, 2.24) is 20.2 Å². The zero-order valence-electron chi connectivity index (χ0n) is 12.6. The van der Waals surface area contributed by atoms with Gasteiger partial charge in [0.25, 0.3) is 0 Å². The number of hydrogen-bond acceptors (Lipinski definition) is 7. The molecule has 1 aromatic carbocycles. The van der Waals surface area contributed by atoms with Crippen LogP contribution < -0.4 is 0 Å². The van der Waals surface area contributed by atoms with E-state index in [-0.39, 0.29) is 6.61 Å². The fourth-order valence-corrected chi connectivity index (χ4v) is 3.48. The lowest BCUT2D eigenvalue weighted by molar-refractivity contribution is 0.0409. The van der Waals surface area contributed by atoms with Crippen molar-refractivity contribution in [3.63, 3.8) is 0 Å². The minimum absolute atomic E-state index is 0.271. The zero-order valence-corrected chi connectivity index (χ0v) is 15.0. The third-order valence-electron chi connectivity index (χ3n) is 3.05. The van der Waals surface area contributed by atoms with E-state index in [2.05, 4.69) is 15.5 Å². The molecule has 0 bridgehead atoms. The maximum absolute atomic E-state index is 10.0. The maximum Gasteiger partial charge on any atom is 0.214 e. The van der Waals surface area contributed by atoms with Gasteiger partial charge in [-0.3, -0.25) is 0 Å². The second-order valence-corrected chi connectivity index (χ2v) is 7.36. The molecule has 2 heterocycles. The van der Waals surface area contributed by atoms with Crippen LogP contribution in [0.4, 0.5) is 0 Å². The van der Waals surface area contributed by atoms with Crippen LogP contribution in [-0.4, -0.2) is 43.8 Å². The van der Waals surface area contributed by atoms with Gasteiger partial charge in [-0.2, -0.15) is 4.68 Å². The van der Waals surface area contributed by atoms with Gasteiger partial charge in [0.15, 0.2) is 0 Å². The van der Waals surface area contributed by atoms with Crippen LogP contribution in [0.1, 0.15) is 4.88 Å². The number of benzene rings is 1. The van der Waals surface area contributed by atoms with Crippen LogP contribution in [0, 0.1) is 0 Å². The van der Waals surface area contributed by atoms with Gasteiger partial charge in [0.2, 0.25) is 5.16 Å². The number of nitrogens with zero attached hydrogens (tertiary/aromatic N) is 4. The summed E-state index contributed by atoms with van der Waals surface area (Å²) >= 11 is 8.90. The number of hydrogen-bond donors (Lipinski definition) is 1. The fraction of sp³-hybridized carbons (Fsp3) is 0.267. The van der Waals surface area contributed by atoms with Gasteiger partial charge in [-0.15, -0.1) is 16.4 Å². The molecule has 0 unspecified atom stereocenters. The standard InChI is InChI=1S/C15H15ClN4O2S2/c16-11-3-5-12(6-4-11)20-15(17-18-19-20)24-10-13(21)8-22-9-14-2-1-7-23-14/h1-7,13,21H,8-10H2/t13-/m1/s1. The smallest absolute Gasteiger partial charge is 0.214 e. The Morgan fingerprint density at radius 3 is 2.88 bits per heavy atom. The van der Waals surface area contributed by atoms with E-state index >= 15 is 0 Å². The average Bonchev–Trinajstić information content (AvgIpc) is 3.25. The van der Waals surface area contributed by atoms with Crippen molar-refractivity contribution in [2.24, 2.45) is 0 Å². The topological polar surface area (TPSA) is 73.1 Å². The summed E-state index contributed by atoms with van der Waals surface area (Å²) < 4.78 is 7.12. The van der Waals surface area contributed by atoms with Crippen LogP contribution in [0.3, 0.4) is 0 Å². The van der Waals surface area contributed by atoms with E-state index in [1.54, 1.807) is 28.2 Å². The summed E-state index contributed by atoms with van der Waals surface area (Å²) in [5.74, 6) is 0.443. The summed E-state index contributed by atoms with van der Waals surface area (Å²) in [4.78, 5) is 1.14. The molecule has 0 aliphatic carbocycles. The van der Waals surface area contributed by atoms with E-state index in [9.17, 15) is 5.11 Å². The summed E-state index contributed by atoms with van der Waals surface area (Å²) in [6, 6.07) is 11.2. The third-order valence-corrected chi connectivity index (χ3v) is 5.22. The molecule has 0 aliphatic heterocycles. The van der Waals surface area contributed by atoms with Gasteiger partial charge in [0.05, 0.1) is 25.0 Å². The largest absolute Gasteiger partial charge is 0.390 e. The molecule has 6 nitrogen and oxygen atoms in total. The lowest BCUT2D eigenvalue weighted by atomic mass is 10.3.